The van der Waals surface area contributed by atoms with Crippen molar-refractivity contribution in [2.75, 3.05) is 13.7 Å². The van der Waals surface area contributed by atoms with Crippen molar-refractivity contribution in [3.63, 3.8) is 0 Å². The highest BCUT2D eigenvalue weighted by molar-refractivity contribution is 5.81. The van der Waals surface area contributed by atoms with Gasteiger partial charge in [0.2, 0.25) is 5.91 Å². The highest BCUT2D eigenvalue weighted by Crippen LogP contribution is 2.41. The molecule has 2 N–H and O–H groups in total. The first-order valence-corrected chi connectivity index (χ1v) is 7.82. The Morgan fingerprint density at radius 2 is 2.10 bits per heavy atom. The van der Waals surface area contributed by atoms with Crippen molar-refractivity contribution in [3.8, 4) is 5.75 Å². The first kappa shape index (κ1) is 15.8. The molecule has 1 atom stereocenters. The molecule has 0 bridgehead atoms. The number of rotatable bonds is 7. The Morgan fingerprint density at radius 1 is 1.38 bits per heavy atom. The maximum Gasteiger partial charge on any atom is 0.236 e. The molecule has 1 aliphatic carbocycles. The minimum atomic E-state index is -0.125. The summed E-state index contributed by atoms with van der Waals surface area (Å²) in [7, 11) is 1.72. The summed E-state index contributed by atoms with van der Waals surface area (Å²) in [6, 6.07) is 8.49. The molecule has 4 heteroatoms. The molecule has 1 fully saturated rings. The molecule has 1 saturated carbocycles. The monoisotopic (exact) mass is 290 g/mol. The van der Waals surface area contributed by atoms with Crippen LogP contribution in [0.4, 0.5) is 0 Å². The second-order valence-electron chi connectivity index (χ2n) is 5.79. The summed E-state index contributed by atoms with van der Waals surface area (Å²) >= 11 is 0. The third kappa shape index (κ3) is 3.97. The molecule has 0 saturated heterocycles. The first-order valence-electron chi connectivity index (χ1n) is 7.82. The summed E-state index contributed by atoms with van der Waals surface area (Å²) in [6.45, 7) is 4.74. The number of methoxy groups -OCH3 is 1. The van der Waals surface area contributed by atoms with Crippen LogP contribution >= 0.6 is 0 Å². The third-order valence-corrected chi connectivity index (χ3v) is 4.15. The molecule has 1 amide bonds. The molecule has 2 rings (SSSR count). The van der Waals surface area contributed by atoms with E-state index in [0.717, 1.165) is 31.6 Å². The lowest BCUT2D eigenvalue weighted by molar-refractivity contribution is -0.123. The van der Waals surface area contributed by atoms with E-state index >= 15 is 0 Å². The van der Waals surface area contributed by atoms with Crippen LogP contribution in [0.1, 0.15) is 44.6 Å². The van der Waals surface area contributed by atoms with Crippen molar-refractivity contribution in [2.45, 2.75) is 51.1 Å². The van der Waals surface area contributed by atoms with Crippen LogP contribution in [-0.2, 0) is 4.79 Å². The molecular formula is C17H26N2O2. The fourth-order valence-electron chi connectivity index (χ4n) is 2.84. The van der Waals surface area contributed by atoms with E-state index in [9.17, 15) is 4.79 Å². The van der Waals surface area contributed by atoms with Gasteiger partial charge >= 0.3 is 0 Å². The van der Waals surface area contributed by atoms with Crippen molar-refractivity contribution in [1.82, 2.24) is 10.6 Å². The lowest BCUT2D eigenvalue weighted by Gasteiger charge is -2.38. The SMILES string of the molecule is CCCNC(=O)C(C)NC1CC(c2ccccc2OC)C1. The molecule has 0 aromatic heterocycles. The Morgan fingerprint density at radius 3 is 2.76 bits per heavy atom. The molecule has 21 heavy (non-hydrogen) atoms. The molecule has 0 heterocycles. The lowest BCUT2D eigenvalue weighted by Crippen LogP contribution is -2.50. The minimum absolute atomic E-state index is 0.0950. The average Bonchev–Trinajstić information content (AvgIpc) is 2.47. The van der Waals surface area contributed by atoms with Gasteiger partial charge in [0, 0.05) is 12.6 Å². The molecule has 1 unspecified atom stereocenters. The zero-order valence-corrected chi connectivity index (χ0v) is 13.2. The summed E-state index contributed by atoms with van der Waals surface area (Å²) in [5.41, 5.74) is 1.28. The van der Waals surface area contributed by atoms with Gasteiger partial charge in [-0.1, -0.05) is 25.1 Å². The quantitative estimate of drug-likeness (QED) is 0.811. The number of carbonyl (C=O) groups is 1. The van der Waals surface area contributed by atoms with E-state index in [4.69, 9.17) is 4.74 Å². The van der Waals surface area contributed by atoms with Crippen molar-refractivity contribution in [2.24, 2.45) is 0 Å². The maximum absolute atomic E-state index is 11.8. The zero-order valence-electron chi connectivity index (χ0n) is 13.2. The minimum Gasteiger partial charge on any atom is -0.496 e. The predicted molar refractivity (Wildman–Crippen MR) is 84.7 cm³/mol. The number of amides is 1. The zero-order chi connectivity index (χ0) is 15.2. The van der Waals surface area contributed by atoms with E-state index < -0.39 is 0 Å². The summed E-state index contributed by atoms with van der Waals surface area (Å²) in [5.74, 6) is 1.59. The van der Waals surface area contributed by atoms with Crippen molar-refractivity contribution in [1.29, 1.82) is 0 Å². The average molecular weight is 290 g/mol. The van der Waals surface area contributed by atoms with Crippen LogP contribution in [0.2, 0.25) is 0 Å². The van der Waals surface area contributed by atoms with Crippen LogP contribution in [0.5, 0.6) is 5.75 Å². The smallest absolute Gasteiger partial charge is 0.236 e. The summed E-state index contributed by atoms with van der Waals surface area (Å²) < 4.78 is 5.42. The van der Waals surface area contributed by atoms with Gasteiger partial charge in [0.25, 0.3) is 0 Å². The van der Waals surface area contributed by atoms with Crippen molar-refractivity contribution >= 4 is 5.91 Å². The summed E-state index contributed by atoms with van der Waals surface area (Å²) in [4.78, 5) is 11.8. The highest BCUT2D eigenvalue weighted by atomic mass is 16.5. The van der Waals surface area contributed by atoms with E-state index in [1.807, 2.05) is 19.1 Å². The van der Waals surface area contributed by atoms with E-state index in [0.29, 0.717) is 12.0 Å². The molecular weight excluding hydrogens is 264 g/mol. The molecule has 0 spiro atoms. The molecule has 116 valence electrons. The van der Waals surface area contributed by atoms with Crippen LogP contribution < -0.4 is 15.4 Å². The first-order chi connectivity index (χ1) is 10.2. The number of carbonyl (C=O) groups excluding carboxylic acids is 1. The third-order valence-electron chi connectivity index (χ3n) is 4.15. The summed E-state index contributed by atoms with van der Waals surface area (Å²) in [6.07, 6.45) is 3.09. The van der Waals surface area contributed by atoms with E-state index in [2.05, 4.69) is 29.7 Å². The predicted octanol–water partition coefficient (Wildman–Crippen LogP) is 2.45. The highest BCUT2D eigenvalue weighted by Gasteiger charge is 2.33. The van der Waals surface area contributed by atoms with Crippen LogP contribution in [-0.4, -0.2) is 31.6 Å². The van der Waals surface area contributed by atoms with E-state index in [1.165, 1.54) is 5.56 Å². The van der Waals surface area contributed by atoms with Crippen molar-refractivity contribution < 1.29 is 9.53 Å². The molecule has 0 radical (unpaired) electrons. The normalized spacial score (nSPS) is 22.2. The lowest BCUT2D eigenvalue weighted by atomic mass is 9.75. The van der Waals surface area contributed by atoms with Crippen LogP contribution in [0.15, 0.2) is 24.3 Å². The number of hydrogen-bond donors (Lipinski definition) is 2. The fourth-order valence-corrected chi connectivity index (χ4v) is 2.84. The van der Waals surface area contributed by atoms with E-state index in [-0.39, 0.29) is 11.9 Å². The Hall–Kier alpha value is -1.55. The Kier molecular flexibility index (Phi) is 5.62. The van der Waals surface area contributed by atoms with Crippen LogP contribution in [0.3, 0.4) is 0 Å². The molecule has 1 aromatic carbocycles. The largest absolute Gasteiger partial charge is 0.496 e. The topological polar surface area (TPSA) is 50.4 Å². The van der Waals surface area contributed by atoms with Gasteiger partial charge in [-0.3, -0.25) is 4.79 Å². The molecule has 4 nitrogen and oxygen atoms in total. The second-order valence-corrected chi connectivity index (χ2v) is 5.79. The van der Waals surface area contributed by atoms with Gasteiger partial charge in [0.05, 0.1) is 13.2 Å². The number of nitrogens with one attached hydrogen (secondary N) is 2. The number of para-hydroxylation sites is 1. The standard InChI is InChI=1S/C17H26N2O2/c1-4-9-18-17(20)12(2)19-14-10-13(11-14)15-7-5-6-8-16(15)21-3/h5-8,12-14,19H,4,9-11H2,1-3H3,(H,18,20). The van der Waals surface area contributed by atoms with Gasteiger partial charge < -0.3 is 15.4 Å². The van der Waals surface area contributed by atoms with Gasteiger partial charge in [-0.25, -0.2) is 0 Å². The van der Waals surface area contributed by atoms with Crippen molar-refractivity contribution in [3.05, 3.63) is 29.8 Å². The molecule has 1 aromatic rings. The van der Waals surface area contributed by atoms with Gasteiger partial charge in [0.1, 0.15) is 5.75 Å². The molecule has 1 aliphatic rings. The second kappa shape index (κ2) is 7.46. The van der Waals surface area contributed by atoms with Gasteiger partial charge in [-0.2, -0.15) is 0 Å². The number of benzene rings is 1. The van der Waals surface area contributed by atoms with Crippen LogP contribution in [0.25, 0.3) is 0 Å². The van der Waals surface area contributed by atoms with Gasteiger partial charge in [-0.05, 0) is 43.7 Å². The number of hydrogen-bond acceptors (Lipinski definition) is 3. The Bertz CT molecular complexity index is 470. The van der Waals surface area contributed by atoms with Crippen LogP contribution in [0, 0.1) is 0 Å². The van der Waals surface area contributed by atoms with Gasteiger partial charge in [-0.15, -0.1) is 0 Å². The Labute approximate surface area is 127 Å². The maximum atomic E-state index is 11.8. The summed E-state index contributed by atoms with van der Waals surface area (Å²) in [5, 5.41) is 6.33. The van der Waals surface area contributed by atoms with Gasteiger partial charge in [0.15, 0.2) is 0 Å². The fraction of sp³-hybridized carbons (Fsp3) is 0.588. The van der Waals surface area contributed by atoms with E-state index in [1.54, 1.807) is 7.11 Å². The molecule has 0 aliphatic heterocycles. The number of ether oxygens (including phenoxy) is 1. The Balaban J connectivity index is 1.80.